The van der Waals surface area contributed by atoms with Crippen LogP contribution in [0, 0.1) is 0 Å². The fourth-order valence-corrected chi connectivity index (χ4v) is 28.5. The molecule has 0 saturated carbocycles. The Balaban J connectivity index is 0.0000000959. The number of rotatable bonds is 3. The number of anilines is 6. The lowest BCUT2D eigenvalue weighted by Crippen LogP contribution is -2.59. The fourth-order valence-electron chi connectivity index (χ4n) is 25.0. The fraction of sp³-hybridized carbons (Fsp3) is 0. The highest BCUT2D eigenvalue weighted by Crippen LogP contribution is 2.56. The van der Waals surface area contributed by atoms with Crippen LogP contribution in [0.5, 0.6) is 0 Å². The first-order valence-corrected chi connectivity index (χ1v) is 50.1. The molecule has 6 nitrogen and oxygen atoms in total. The van der Waals surface area contributed by atoms with E-state index in [0.717, 1.165) is 0 Å². The van der Waals surface area contributed by atoms with Gasteiger partial charge >= 0.3 is 20.5 Å². The summed E-state index contributed by atoms with van der Waals surface area (Å²) < 4.78 is 15.3. The van der Waals surface area contributed by atoms with Crippen LogP contribution in [0.1, 0.15) is 0 Å². The third-order valence-electron chi connectivity index (χ3n) is 30.5. The SMILES string of the molecule is c1ccc(-n2c3ccccc3c3cc4c(cc32)sc2c3c(ccc24)N2B(c4ccccc4-c4ccccc42)c2ccccc2-3)cc1.c1ccc(-n2c3ccccc3c3cc4c(cc32)sc2cc3c(cc24)N2B(c4ccccc4-c4ccccc42)c2ccccc2-3)cc1.c1ccc(-n2c3ccccc3c3cc4c(cc32)sc2ccc3c(c24)B2c4ccccc4-c4ccccc4N2c2ccccc2-3)cc1. The lowest BCUT2D eigenvalue weighted by atomic mass is 9.42. The lowest BCUT2D eigenvalue weighted by molar-refractivity contribution is 1.18. The van der Waals surface area contributed by atoms with Crippen LogP contribution in [0.15, 0.2) is 455 Å². The number of benzene rings is 21. The zero-order valence-corrected chi connectivity index (χ0v) is 76.9. The Morgan fingerprint density at radius 3 is 0.964 bits per heavy atom. The van der Waals surface area contributed by atoms with Crippen LogP contribution in [-0.2, 0) is 0 Å². The van der Waals surface area contributed by atoms with Crippen molar-refractivity contribution in [2.24, 2.45) is 0 Å². The number of para-hydroxylation sites is 10. The van der Waals surface area contributed by atoms with Gasteiger partial charge in [0.15, 0.2) is 0 Å². The van der Waals surface area contributed by atoms with Crippen molar-refractivity contribution in [3.8, 4) is 83.8 Å². The molecule has 636 valence electrons. The van der Waals surface area contributed by atoms with E-state index < -0.39 is 0 Å². The highest BCUT2D eigenvalue weighted by molar-refractivity contribution is 7.27. The van der Waals surface area contributed by atoms with Crippen molar-refractivity contribution >= 4 is 247 Å². The molecule has 0 N–H and O–H groups in total. The quantitative estimate of drug-likeness (QED) is 0.165. The molecule has 6 aliphatic rings. The largest absolute Gasteiger partial charge is 0.376 e. The number of fused-ring (bicyclic) bond motifs is 53. The lowest BCUT2D eigenvalue weighted by Gasteiger charge is -2.43. The minimum atomic E-state index is 0.0684. The predicted molar refractivity (Wildman–Crippen MR) is 594 cm³/mol. The molecule has 0 aliphatic carbocycles. The molecule has 12 heterocycles. The molecule has 0 bridgehead atoms. The van der Waals surface area contributed by atoms with E-state index in [1.54, 1.807) is 0 Å². The standard InChI is InChI=1S/3C42H25BN2S/c1-2-12-26(13-3-1)44-36-20-10-6-16-29(36)32-24-33-30-22-23-38-41(42(30)46-40(33)25-39(32)44)31-17-5-9-19-35(31)43-34-18-8-4-14-27(34)28-15-7-11-21-37(28)45(38)43;1-2-12-26(13-3-1)44-35-19-9-5-17-30(35)32-24-33-40(25-38(32)44)46-39-23-22-31-29-16-7-11-21-37(29)45-36-20-10-6-15-28(36)27-14-4-8-18-34(27)43(45)42(31)41(33)39;1-2-12-26(13-3-1)44-37-20-10-6-17-30(37)31-22-33-34-23-40-32(24-41(34)46-42(33)25-39(31)44)28-15-5-9-19-36(28)43-35-18-8-4-14-27(35)29-16-7-11-21-38(29)45(40)43/h3*1-25H. The summed E-state index contributed by atoms with van der Waals surface area (Å²) >= 11 is 5.76. The average molecular weight is 1800 g/mol. The molecule has 0 unspecified atom stereocenters. The first-order valence-electron chi connectivity index (χ1n) is 47.7. The molecular weight excluding hydrogens is 1730 g/mol. The summed E-state index contributed by atoms with van der Waals surface area (Å²) in [5.41, 5.74) is 42.8. The maximum Gasteiger partial charge on any atom is 0.330 e. The van der Waals surface area contributed by atoms with Gasteiger partial charge in [-0.1, -0.05) is 315 Å². The Bertz CT molecular complexity index is 9960. The molecule has 12 heteroatoms. The minimum Gasteiger partial charge on any atom is -0.376 e. The van der Waals surface area contributed by atoms with Crippen molar-refractivity contribution in [1.82, 2.24) is 13.7 Å². The average Bonchev–Trinajstić information content (AvgIpc) is 1.22. The van der Waals surface area contributed by atoms with E-state index in [2.05, 4.69) is 483 Å². The first-order chi connectivity index (χ1) is 68.5. The molecule has 6 aromatic heterocycles. The van der Waals surface area contributed by atoms with Gasteiger partial charge in [-0.05, 0) is 211 Å². The molecule has 138 heavy (non-hydrogen) atoms. The zero-order valence-electron chi connectivity index (χ0n) is 74.4. The summed E-state index contributed by atoms with van der Waals surface area (Å²) in [6.07, 6.45) is 0. The van der Waals surface area contributed by atoms with Gasteiger partial charge in [-0.15, -0.1) is 34.0 Å². The van der Waals surface area contributed by atoms with Crippen molar-refractivity contribution < 1.29 is 0 Å². The molecular formula is C126H75B3N6S3. The monoisotopic (exact) mass is 1800 g/mol. The number of thiophene rings is 3. The smallest absolute Gasteiger partial charge is 0.330 e. The van der Waals surface area contributed by atoms with Gasteiger partial charge in [0.1, 0.15) is 0 Å². The van der Waals surface area contributed by atoms with Crippen molar-refractivity contribution in [3.63, 3.8) is 0 Å². The molecule has 0 atom stereocenters. The van der Waals surface area contributed by atoms with Gasteiger partial charge < -0.3 is 28.1 Å². The number of hydrogen-bond acceptors (Lipinski definition) is 6. The van der Waals surface area contributed by atoms with Crippen molar-refractivity contribution in [3.05, 3.63) is 455 Å². The van der Waals surface area contributed by atoms with Gasteiger partial charge in [0, 0.05) is 172 Å². The Hall–Kier alpha value is -16.7. The van der Waals surface area contributed by atoms with Crippen molar-refractivity contribution in [2.45, 2.75) is 0 Å². The molecule has 33 rings (SSSR count). The van der Waals surface area contributed by atoms with E-state index in [1.807, 2.05) is 34.0 Å². The minimum absolute atomic E-state index is 0.0684. The Kier molecular flexibility index (Phi) is 16.3. The first kappa shape index (κ1) is 76.7. The highest BCUT2D eigenvalue weighted by atomic mass is 32.1. The summed E-state index contributed by atoms with van der Waals surface area (Å²) in [5, 5.41) is 15.8. The van der Waals surface area contributed by atoms with E-state index in [-0.39, 0.29) is 20.5 Å². The summed E-state index contributed by atoms with van der Waals surface area (Å²) in [4.78, 5) is 7.82. The highest BCUT2D eigenvalue weighted by Gasteiger charge is 2.47. The molecule has 0 amide bonds. The van der Waals surface area contributed by atoms with E-state index >= 15 is 0 Å². The van der Waals surface area contributed by atoms with Crippen LogP contribution in [0.3, 0.4) is 0 Å². The normalized spacial score (nSPS) is 13.1. The summed E-state index contributed by atoms with van der Waals surface area (Å²) in [6, 6.07) is 169. The van der Waals surface area contributed by atoms with E-state index in [4.69, 9.17) is 0 Å². The Labute approximate surface area is 807 Å². The second-order valence-corrected chi connectivity index (χ2v) is 40.6. The Morgan fingerprint density at radius 2 is 0.493 bits per heavy atom. The second kappa shape index (κ2) is 29.4. The summed E-state index contributed by atoms with van der Waals surface area (Å²) in [6.45, 7) is 0.313. The molecule has 21 aromatic carbocycles. The zero-order chi connectivity index (χ0) is 89.8. The van der Waals surface area contributed by atoms with Crippen LogP contribution in [0.2, 0.25) is 0 Å². The van der Waals surface area contributed by atoms with Gasteiger partial charge in [-0.2, -0.15) is 0 Å². The number of aromatic nitrogens is 3. The van der Waals surface area contributed by atoms with Crippen LogP contribution in [0.25, 0.3) is 210 Å². The number of hydrogen-bond donors (Lipinski definition) is 0. The van der Waals surface area contributed by atoms with E-state index in [9.17, 15) is 0 Å². The summed E-state index contributed by atoms with van der Waals surface area (Å²) in [5.74, 6) is 0. The molecule has 0 spiro atoms. The van der Waals surface area contributed by atoms with Crippen LogP contribution in [0.4, 0.5) is 34.1 Å². The topological polar surface area (TPSA) is 24.5 Å². The molecule has 27 aromatic rings. The van der Waals surface area contributed by atoms with Crippen LogP contribution < -0.4 is 47.2 Å². The van der Waals surface area contributed by atoms with Crippen LogP contribution in [-0.4, -0.2) is 34.2 Å². The Morgan fingerprint density at radius 1 is 0.167 bits per heavy atom. The van der Waals surface area contributed by atoms with E-state index in [0.29, 0.717) is 0 Å². The van der Waals surface area contributed by atoms with Gasteiger partial charge in [0.05, 0.1) is 33.1 Å². The second-order valence-electron chi connectivity index (χ2n) is 37.4. The molecule has 0 radical (unpaired) electrons. The van der Waals surface area contributed by atoms with Gasteiger partial charge in [0.2, 0.25) is 0 Å². The maximum absolute atomic E-state index is 2.61. The molecule has 6 aliphatic heterocycles. The van der Waals surface area contributed by atoms with E-state index in [1.165, 1.54) is 277 Å². The molecule has 0 saturated heterocycles. The van der Waals surface area contributed by atoms with Gasteiger partial charge in [-0.3, -0.25) is 0 Å². The third kappa shape index (κ3) is 10.8. The number of nitrogens with zero attached hydrogens (tertiary/aromatic N) is 6. The molecule has 0 fully saturated rings. The maximum atomic E-state index is 2.61. The van der Waals surface area contributed by atoms with Crippen molar-refractivity contribution in [1.29, 1.82) is 0 Å². The van der Waals surface area contributed by atoms with Gasteiger partial charge in [0.25, 0.3) is 0 Å². The summed E-state index contributed by atoms with van der Waals surface area (Å²) in [7, 11) is 0. The van der Waals surface area contributed by atoms with Crippen LogP contribution >= 0.6 is 34.0 Å². The third-order valence-corrected chi connectivity index (χ3v) is 33.9. The van der Waals surface area contributed by atoms with Gasteiger partial charge in [-0.25, -0.2) is 0 Å². The van der Waals surface area contributed by atoms with Crippen molar-refractivity contribution in [2.75, 3.05) is 14.4 Å². The predicted octanol–water partition coefficient (Wildman–Crippen LogP) is 30.2.